The summed E-state index contributed by atoms with van der Waals surface area (Å²) in [4.78, 5) is 13.0. The van der Waals surface area contributed by atoms with Crippen LogP contribution in [0, 0.1) is 11.3 Å². The molecule has 0 aliphatic carbocycles. The van der Waals surface area contributed by atoms with Gasteiger partial charge in [-0.1, -0.05) is 30.3 Å². The van der Waals surface area contributed by atoms with Gasteiger partial charge in [-0.05, 0) is 60.9 Å². The molecule has 0 unspecified atom stereocenters. The third-order valence-corrected chi connectivity index (χ3v) is 7.33. The van der Waals surface area contributed by atoms with Crippen molar-refractivity contribution >= 4 is 21.6 Å². The number of benzene rings is 3. The first-order chi connectivity index (χ1) is 15.9. The molecule has 1 aliphatic rings. The fourth-order valence-corrected chi connectivity index (χ4v) is 5.26. The molecule has 8 heteroatoms. The Morgan fingerprint density at radius 2 is 1.88 bits per heavy atom. The molecule has 1 amide bonds. The van der Waals surface area contributed by atoms with Crippen molar-refractivity contribution in [3.63, 3.8) is 0 Å². The molecule has 33 heavy (non-hydrogen) atoms. The van der Waals surface area contributed by atoms with Gasteiger partial charge in [0.25, 0.3) is 5.91 Å². The molecule has 1 aliphatic heterocycles. The lowest BCUT2D eigenvalue weighted by molar-refractivity contribution is 0.102. The smallest absolute Gasteiger partial charge is 0.255 e. The second-order valence-electron chi connectivity index (χ2n) is 7.60. The van der Waals surface area contributed by atoms with E-state index in [0.717, 1.165) is 11.1 Å². The van der Waals surface area contributed by atoms with Crippen molar-refractivity contribution in [2.45, 2.75) is 24.8 Å². The highest BCUT2D eigenvalue weighted by molar-refractivity contribution is 7.89. The maximum absolute atomic E-state index is 13.3. The summed E-state index contributed by atoms with van der Waals surface area (Å²) in [6.45, 7) is 2.89. The zero-order chi connectivity index (χ0) is 23.4. The summed E-state index contributed by atoms with van der Waals surface area (Å²) in [5.74, 6) is -0.0623. The Morgan fingerprint density at radius 3 is 2.64 bits per heavy atom. The average Bonchev–Trinajstić information content (AvgIpc) is 2.85. The van der Waals surface area contributed by atoms with Crippen LogP contribution in [-0.2, 0) is 23.0 Å². The van der Waals surface area contributed by atoms with Crippen LogP contribution in [0.2, 0.25) is 0 Å². The quantitative estimate of drug-likeness (QED) is 0.599. The van der Waals surface area contributed by atoms with Gasteiger partial charge in [0, 0.05) is 18.7 Å². The van der Waals surface area contributed by atoms with Gasteiger partial charge in [0.15, 0.2) is 0 Å². The number of amides is 1. The number of nitriles is 1. The fourth-order valence-electron chi connectivity index (χ4n) is 3.79. The molecule has 0 saturated heterocycles. The van der Waals surface area contributed by atoms with Gasteiger partial charge in [-0.25, -0.2) is 8.42 Å². The van der Waals surface area contributed by atoms with E-state index in [1.54, 1.807) is 24.3 Å². The average molecular weight is 462 g/mol. The van der Waals surface area contributed by atoms with Crippen LogP contribution in [-0.4, -0.2) is 31.8 Å². The Kier molecular flexibility index (Phi) is 6.45. The number of hydrogen-bond donors (Lipinski definition) is 1. The van der Waals surface area contributed by atoms with E-state index in [2.05, 4.69) is 5.32 Å². The molecule has 1 heterocycles. The predicted molar refractivity (Wildman–Crippen MR) is 124 cm³/mol. The lowest BCUT2D eigenvalue weighted by Gasteiger charge is -2.28. The lowest BCUT2D eigenvalue weighted by atomic mass is 10.0. The molecular formula is C25H23N3O4S. The van der Waals surface area contributed by atoms with Crippen molar-refractivity contribution in [1.82, 2.24) is 4.31 Å². The first-order valence-corrected chi connectivity index (χ1v) is 12.0. The molecular weight excluding hydrogens is 438 g/mol. The molecule has 0 bridgehead atoms. The third kappa shape index (κ3) is 4.75. The standard InChI is InChI=1S/C25H23N3O4S/c1-2-32-24-11-10-18(16-26)14-23(24)27-25(29)20-8-5-9-22(15-20)33(30,31)28-13-12-19-6-3-4-7-21(19)17-28/h3-11,14-15H,2,12-13,17H2,1H3,(H,27,29). The van der Waals surface area contributed by atoms with Crippen molar-refractivity contribution in [2.24, 2.45) is 0 Å². The predicted octanol–water partition coefficient (Wildman–Crippen LogP) is 3.96. The summed E-state index contributed by atoms with van der Waals surface area (Å²) in [7, 11) is -3.78. The zero-order valence-electron chi connectivity index (χ0n) is 18.1. The van der Waals surface area contributed by atoms with Gasteiger partial charge < -0.3 is 10.1 Å². The van der Waals surface area contributed by atoms with Crippen LogP contribution in [0.4, 0.5) is 5.69 Å². The molecule has 0 spiro atoms. The highest BCUT2D eigenvalue weighted by Gasteiger charge is 2.28. The summed E-state index contributed by atoms with van der Waals surface area (Å²) in [6, 6.07) is 20.5. The molecule has 1 N–H and O–H groups in total. The van der Waals surface area contributed by atoms with Crippen molar-refractivity contribution in [3.05, 3.63) is 89.0 Å². The Balaban J connectivity index is 1.58. The highest BCUT2D eigenvalue weighted by atomic mass is 32.2. The van der Waals surface area contributed by atoms with Crippen molar-refractivity contribution < 1.29 is 17.9 Å². The number of carbonyl (C=O) groups is 1. The SMILES string of the molecule is CCOc1ccc(C#N)cc1NC(=O)c1cccc(S(=O)(=O)N2CCc3ccccc3C2)c1. The van der Waals surface area contributed by atoms with Crippen LogP contribution in [0.15, 0.2) is 71.6 Å². The molecule has 3 aromatic rings. The summed E-state index contributed by atoms with van der Waals surface area (Å²) in [5.41, 5.74) is 3.05. The number of ether oxygens (including phenoxy) is 1. The molecule has 168 valence electrons. The fraction of sp³-hybridized carbons (Fsp3) is 0.200. The first kappa shape index (κ1) is 22.5. The normalized spacial score (nSPS) is 13.6. The molecule has 7 nitrogen and oxygen atoms in total. The first-order valence-electron chi connectivity index (χ1n) is 10.6. The van der Waals surface area contributed by atoms with Gasteiger partial charge in [0.05, 0.1) is 28.8 Å². The van der Waals surface area contributed by atoms with Crippen LogP contribution >= 0.6 is 0 Å². The second kappa shape index (κ2) is 9.45. The van der Waals surface area contributed by atoms with Crippen LogP contribution in [0.1, 0.15) is 34.0 Å². The molecule has 0 atom stereocenters. The number of hydrogen-bond acceptors (Lipinski definition) is 5. The number of sulfonamides is 1. The van der Waals surface area contributed by atoms with Gasteiger partial charge in [-0.2, -0.15) is 9.57 Å². The number of fused-ring (bicyclic) bond motifs is 1. The molecule has 4 rings (SSSR count). The largest absolute Gasteiger partial charge is 0.492 e. The molecule has 0 aromatic heterocycles. The maximum atomic E-state index is 13.3. The van der Waals surface area contributed by atoms with Gasteiger partial charge >= 0.3 is 0 Å². The van der Waals surface area contributed by atoms with Crippen molar-refractivity contribution in [2.75, 3.05) is 18.5 Å². The Labute approximate surface area is 193 Å². The van der Waals surface area contributed by atoms with Gasteiger partial charge in [-0.15, -0.1) is 0 Å². The minimum Gasteiger partial charge on any atom is -0.492 e. The number of nitrogens with one attached hydrogen (secondary N) is 1. The second-order valence-corrected chi connectivity index (χ2v) is 9.53. The van der Waals surface area contributed by atoms with E-state index in [1.165, 1.54) is 22.5 Å². The van der Waals surface area contributed by atoms with Gasteiger partial charge in [-0.3, -0.25) is 4.79 Å². The zero-order valence-corrected chi connectivity index (χ0v) is 18.9. The van der Waals surface area contributed by atoms with Crippen LogP contribution in [0.3, 0.4) is 0 Å². The van der Waals surface area contributed by atoms with Crippen LogP contribution < -0.4 is 10.1 Å². The van der Waals surface area contributed by atoms with E-state index in [0.29, 0.717) is 43.1 Å². The number of anilines is 1. The third-order valence-electron chi connectivity index (χ3n) is 5.49. The monoisotopic (exact) mass is 461 g/mol. The highest BCUT2D eigenvalue weighted by Crippen LogP contribution is 2.28. The number of carbonyl (C=O) groups excluding carboxylic acids is 1. The Morgan fingerprint density at radius 1 is 1.09 bits per heavy atom. The van der Waals surface area contributed by atoms with E-state index in [4.69, 9.17) is 4.74 Å². The number of rotatable bonds is 6. The summed E-state index contributed by atoms with van der Waals surface area (Å²) in [5, 5.41) is 11.9. The Bertz CT molecular complexity index is 1350. The van der Waals surface area contributed by atoms with Crippen molar-refractivity contribution in [3.8, 4) is 11.8 Å². The molecule has 0 fully saturated rings. The summed E-state index contributed by atoms with van der Waals surface area (Å²) >= 11 is 0. The topological polar surface area (TPSA) is 99.5 Å². The minimum absolute atomic E-state index is 0.0605. The van der Waals surface area contributed by atoms with E-state index >= 15 is 0 Å². The van der Waals surface area contributed by atoms with Crippen LogP contribution in [0.5, 0.6) is 5.75 Å². The maximum Gasteiger partial charge on any atom is 0.255 e. The lowest BCUT2D eigenvalue weighted by Crippen LogP contribution is -2.36. The molecule has 0 saturated carbocycles. The Hall–Kier alpha value is -3.67. The van der Waals surface area contributed by atoms with E-state index < -0.39 is 15.9 Å². The molecule has 3 aromatic carbocycles. The van der Waals surface area contributed by atoms with E-state index in [1.807, 2.05) is 37.3 Å². The molecule has 0 radical (unpaired) electrons. The van der Waals surface area contributed by atoms with Gasteiger partial charge in [0.2, 0.25) is 10.0 Å². The summed E-state index contributed by atoms with van der Waals surface area (Å²) < 4.78 is 33.6. The van der Waals surface area contributed by atoms with Gasteiger partial charge in [0.1, 0.15) is 5.75 Å². The van der Waals surface area contributed by atoms with Crippen molar-refractivity contribution in [1.29, 1.82) is 5.26 Å². The number of nitrogens with zero attached hydrogens (tertiary/aromatic N) is 2. The minimum atomic E-state index is -3.78. The van der Waals surface area contributed by atoms with E-state index in [9.17, 15) is 18.5 Å². The van der Waals surface area contributed by atoms with Crippen LogP contribution in [0.25, 0.3) is 0 Å². The van der Waals surface area contributed by atoms with E-state index in [-0.39, 0.29) is 10.5 Å². The summed E-state index contributed by atoms with van der Waals surface area (Å²) in [6.07, 6.45) is 0.644.